The van der Waals surface area contributed by atoms with Crippen molar-refractivity contribution >= 4 is 28.5 Å². The Hall–Kier alpha value is -6.67. The highest BCUT2D eigenvalue weighted by molar-refractivity contribution is 7.79. The van der Waals surface area contributed by atoms with Crippen molar-refractivity contribution in [2.75, 3.05) is 6.66 Å². The predicted molar refractivity (Wildman–Crippen MR) is 230 cm³/mol. The van der Waals surface area contributed by atoms with Crippen LogP contribution in [0.3, 0.4) is 0 Å². The van der Waals surface area contributed by atoms with Gasteiger partial charge in [-0.05, 0) is 92.3 Å². The van der Waals surface area contributed by atoms with Crippen molar-refractivity contribution in [2.24, 2.45) is 0 Å². The fourth-order valence-corrected chi connectivity index (χ4v) is 10.3. The van der Waals surface area contributed by atoms with Gasteiger partial charge in [-0.15, -0.1) is 0 Å². The molecule has 2 heterocycles. The normalized spacial score (nSPS) is 14.4. The van der Waals surface area contributed by atoms with Crippen LogP contribution in [0.25, 0.3) is 89.2 Å². The molecule has 55 heavy (non-hydrogen) atoms. The van der Waals surface area contributed by atoms with Gasteiger partial charge < -0.3 is 4.57 Å². The number of hydrogen-bond acceptors (Lipinski definition) is 3. The molecule has 1 aromatic heterocycles. The molecule has 3 nitrogen and oxygen atoms in total. The Morgan fingerprint density at radius 2 is 0.873 bits per heavy atom. The highest BCUT2D eigenvalue weighted by Crippen LogP contribution is 2.50. The second kappa shape index (κ2) is 13.3. The maximum absolute atomic E-state index is 13.9. The molecule has 4 heteroatoms. The molecule has 0 spiro atoms. The van der Waals surface area contributed by atoms with E-state index in [2.05, 4.69) is 152 Å². The van der Waals surface area contributed by atoms with Gasteiger partial charge in [0.15, 0.2) is 5.82 Å². The van der Waals surface area contributed by atoms with Gasteiger partial charge in [-0.2, -0.15) is 0 Å². The first-order chi connectivity index (χ1) is 27.0. The lowest BCUT2D eigenvalue weighted by molar-refractivity contribution is 0.591. The number of nitrogens with zero attached hydrogens (tertiary/aromatic N) is 2. The van der Waals surface area contributed by atoms with Crippen LogP contribution in [0.5, 0.6) is 0 Å². The second-order valence-electron chi connectivity index (χ2n) is 14.3. The van der Waals surface area contributed by atoms with Gasteiger partial charge in [0.05, 0.1) is 11.4 Å². The average Bonchev–Trinajstić information content (AvgIpc) is 3.49. The molecule has 0 N–H and O–H groups in total. The molecule has 0 saturated heterocycles. The molecular weight excluding hydrogens is 688 g/mol. The molecule has 0 fully saturated rings. The Balaban J connectivity index is 1.04. The van der Waals surface area contributed by atoms with Crippen LogP contribution in [-0.2, 0) is 4.57 Å². The zero-order valence-corrected chi connectivity index (χ0v) is 31.1. The highest BCUT2D eigenvalue weighted by Gasteiger charge is 2.34. The number of rotatable bonds is 6. The highest BCUT2D eigenvalue weighted by atomic mass is 31.2. The molecule has 0 saturated carbocycles. The summed E-state index contributed by atoms with van der Waals surface area (Å²) in [4.78, 5) is 10.1. The first-order valence-electron chi connectivity index (χ1n) is 18.6. The molecule has 8 aromatic carbocycles. The Morgan fingerprint density at radius 1 is 0.364 bits per heavy atom. The molecule has 1 unspecified atom stereocenters. The standard InChI is InChI=1S/C51H35N2OP/c1-55(54)49-19-11-10-18-44(49)46-31-40(28-29-50(46)55)42-30-41-16-8-9-17-43(41)45(32-42)36-22-26-38(27-23-36)48-33-47(52-51(53-48)39-14-6-3-7-15-39)37-24-20-35(21-25-37)34-12-4-2-5-13-34/h2-33H,1H3. The molecule has 9 aromatic rings. The van der Waals surface area contributed by atoms with Crippen LogP contribution in [0, 0.1) is 0 Å². The quantitative estimate of drug-likeness (QED) is 0.161. The van der Waals surface area contributed by atoms with Gasteiger partial charge in [0.25, 0.3) is 0 Å². The third kappa shape index (κ3) is 5.91. The van der Waals surface area contributed by atoms with Crippen molar-refractivity contribution in [3.05, 3.63) is 194 Å². The summed E-state index contributed by atoms with van der Waals surface area (Å²) in [6.45, 7) is 1.89. The Kier molecular flexibility index (Phi) is 7.98. The van der Waals surface area contributed by atoms with Crippen LogP contribution >= 0.6 is 7.14 Å². The Bertz CT molecular complexity index is 2940. The van der Waals surface area contributed by atoms with E-state index in [0.717, 1.165) is 72.1 Å². The third-order valence-corrected chi connectivity index (χ3v) is 13.5. The lowest BCUT2D eigenvalue weighted by Crippen LogP contribution is -2.07. The van der Waals surface area contributed by atoms with E-state index in [4.69, 9.17) is 9.97 Å². The van der Waals surface area contributed by atoms with Gasteiger partial charge in [-0.1, -0.05) is 164 Å². The fourth-order valence-electron chi connectivity index (χ4n) is 7.97. The van der Waals surface area contributed by atoms with Crippen molar-refractivity contribution in [2.45, 2.75) is 0 Å². The zero-order valence-electron chi connectivity index (χ0n) is 30.2. The molecular formula is C51H35N2OP. The van der Waals surface area contributed by atoms with E-state index in [0.29, 0.717) is 5.82 Å². The summed E-state index contributed by atoms with van der Waals surface area (Å²) in [5.41, 5.74) is 13.8. The van der Waals surface area contributed by atoms with E-state index in [1.807, 2.05) is 49.1 Å². The molecule has 260 valence electrons. The van der Waals surface area contributed by atoms with E-state index in [-0.39, 0.29) is 0 Å². The van der Waals surface area contributed by atoms with Crippen LogP contribution in [0.15, 0.2) is 194 Å². The number of hydrogen-bond donors (Lipinski definition) is 0. The molecule has 1 aliphatic rings. The first-order valence-corrected chi connectivity index (χ1v) is 20.7. The van der Waals surface area contributed by atoms with Gasteiger partial charge in [0.2, 0.25) is 0 Å². The van der Waals surface area contributed by atoms with Gasteiger partial charge >= 0.3 is 0 Å². The monoisotopic (exact) mass is 722 g/mol. The van der Waals surface area contributed by atoms with Crippen molar-refractivity contribution in [3.8, 4) is 78.4 Å². The smallest absolute Gasteiger partial charge is 0.160 e. The minimum Gasteiger partial charge on any atom is -0.314 e. The minimum absolute atomic E-state index is 0.694. The topological polar surface area (TPSA) is 42.9 Å². The molecule has 1 atom stereocenters. The number of fused-ring (bicyclic) bond motifs is 4. The van der Waals surface area contributed by atoms with Crippen LogP contribution in [-0.4, -0.2) is 16.6 Å². The summed E-state index contributed by atoms with van der Waals surface area (Å²) in [5, 5.41) is 4.27. The third-order valence-electron chi connectivity index (χ3n) is 10.8. The second-order valence-corrected chi connectivity index (χ2v) is 17.1. The van der Waals surface area contributed by atoms with Crippen LogP contribution < -0.4 is 10.6 Å². The molecule has 0 aliphatic carbocycles. The predicted octanol–water partition coefficient (Wildman–Crippen LogP) is 12.6. The van der Waals surface area contributed by atoms with Crippen molar-refractivity contribution in [1.29, 1.82) is 0 Å². The fraction of sp³-hybridized carbons (Fsp3) is 0.0196. The molecule has 0 amide bonds. The summed E-state index contributed by atoms with van der Waals surface area (Å²) in [6, 6.07) is 67.7. The summed E-state index contributed by atoms with van der Waals surface area (Å²) < 4.78 is 13.9. The average molecular weight is 723 g/mol. The summed E-state index contributed by atoms with van der Waals surface area (Å²) >= 11 is 0. The summed E-state index contributed by atoms with van der Waals surface area (Å²) in [5.74, 6) is 0.694. The van der Waals surface area contributed by atoms with E-state index in [9.17, 15) is 4.57 Å². The van der Waals surface area contributed by atoms with Crippen LogP contribution in [0.2, 0.25) is 0 Å². The maximum atomic E-state index is 13.9. The SMILES string of the molecule is CP1(=O)c2ccccc2-c2cc(-c3cc(-c4ccc(-c5cc(-c6ccc(-c7ccccc7)cc6)nc(-c6ccccc6)n5)cc4)c4ccccc4c3)ccc21. The molecule has 10 rings (SSSR count). The summed E-state index contributed by atoms with van der Waals surface area (Å²) in [7, 11) is -2.63. The summed E-state index contributed by atoms with van der Waals surface area (Å²) in [6.07, 6.45) is 0. The zero-order chi connectivity index (χ0) is 36.9. The van der Waals surface area contributed by atoms with Crippen molar-refractivity contribution < 1.29 is 4.57 Å². The number of aromatic nitrogens is 2. The van der Waals surface area contributed by atoms with Crippen molar-refractivity contribution in [1.82, 2.24) is 9.97 Å². The van der Waals surface area contributed by atoms with Gasteiger partial charge in [-0.25, -0.2) is 9.97 Å². The minimum atomic E-state index is -2.63. The largest absolute Gasteiger partial charge is 0.314 e. The molecule has 0 bridgehead atoms. The van der Waals surface area contributed by atoms with E-state index < -0.39 is 7.14 Å². The lowest BCUT2D eigenvalue weighted by Gasteiger charge is -2.14. The van der Waals surface area contributed by atoms with E-state index in [1.165, 1.54) is 21.9 Å². The van der Waals surface area contributed by atoms with E-state index >= 15 is 0 Å². The Labute approximate surface area is 321 Å². The van der Waals surface area contributed by atoms with Gasteiger partial charge in [0.1, 0.15) is 7.14 Å². The van der Waals surface area contributed by atoms with Gasteiger partial charge in [0, 0.05) is 27.3 Å². The first kappa shape index (κ1) is 32.9. The van der Waals surface area contributed by atoms with Gasteiger partial charge in [-0.3, -0.25) is 0 Å². The van der Waals surface area contributed by atoms with Crippen molar-refractivity contribution in [3.63, 3.8) is 0 Å². The molecule has 0 radical (unpaired) electrons. The lowest BCUT2D eigenvalue weighted by atomic mass is 9.91. The Morgan fingerprint density at radius 3 is 1.58 bits per heavy atom. The van der Waals surface area contributed by atoms with Crippen LogP contribution in [0.4, 0.5) is 0 Å². The van der Waals surface area contributed by atoms with Crippen LogP contribution in [0.1, 0.15) is 0 Å². The van der Waals surface area contributed by atoms with E-state index in [1.54, 1.807) is 0 Å². The maximum Gasteiger partial charge on any atom is 0.160 e. The number of benzene rings is 8. The molecule has 1 aliphatic heterocycles.